The lowest BCUT2D eigenvalue weighted by atomic mass is 10.2. The third-order valence-corrected chi connectivity index (χ3v) is 4.47. The van der Waals surface area contributed by atoms with E-state index in [1.165, 1.54) is 30.5 Å². The Bertz CT molecular complexity index is 880. The fraction of sp³-hybridized carbons (Fsp3) is 0.176. The Kier molecular flexibility index (Phi) is 5.87. The van der Waals surface area contributed by atoms with Gasteiger partial charge in [0.25, 0.3) is 5.91 Å². The van der Waals surface area contributed by atoms with Crippen LogP contribution >= 0.6 is 0 Å². The topological polar surface area (TPSA) is 78.8 Å². The summed E-state index contributed by atoms with van der Waals surface area (Å²) in [6.45, 7) is 1.36. The van der Waals surface area contributed by atoms with Crippen LogP contribution in [0.3, 0.4) is 0 Å². The maximum atomic E-state index is 12.8. The molecule has 2 rings (SSSR count). The molecule has 6 nitrogen and oxygen atoms in total. The Morgan fingerprint density at radius 1 is 1.20 bits per heavy atom. The third-order valence-electron chi connectivity index (χ3n) is 3.34. The Balaban J connectivity index is 2.08. The lowest BCUT2D eigenvalue weighted by Gasteiger charge is -2.23. The molecule has 0 saturated carbocycles. The van der Waals surface area contributed by atoms with Crippen LogP contribution in [0.15, 0.2) is 53.6 Å². The summed E-state index contributed by atoms with van der Waals surface area (Å²) in [6, 6.07) is 12.4. The molecule has 0 aliphatic heterocycles. The molecule has 25 heavy (non-hydrogen) atoms. The van der Waals surface area contributed by atoms with Gasteiger partial charge >= 0.3 is 0 Å². The van der Waals surface area contributed by atoms with Crippen LogP contribution in [0, 0.1) is 12.7 Å². The highest BCUT2D eigenvalue weighted by Crippen LogP contribution is 2.21. The number of nitrogens with one attached hydrogen (secondary N) is 1. The van der Waals surface area contributed by atoms with Crippen LogP contribution in [0.2, 0.25) is 0 Å². The minimum absolute atomic E-state index is 0.372. The van der Waals surface area contributed by atoms with Gasteiger partial charge in [-0.15, -0.1) is 0 Å². The summed E-state index contributed by atoms with van der Waals surface area (Å²) in [6.07, 6.45) is 2.38. The van der Waals surface area contributed by atoms with E-state index in [2.05, 4.69) is 10.5 Å². The first-order chi connectivity index (χ1) is 11.8. The monoisotopic (exact) mass is 363 g/mol. The normalized spacial score (nSPS) is 11.5. The number of rotatable bonds is 6. The number of carbonyl (C=O) groups is 1. The first-order valence-electron chi connectivity index (χ1n) is 7.38. The van der Waals surface area contributed by atoms with Crippen molar-refractivity contribution in [3.05, 3.63) is 65.5 Å². The van der Waals surface area contributed by atoms with E-state index in [1.54, 1.807) is 31.2 Å². The first-order valence-corrected chi connectivity index (χ1v) is 9.23. The summed E-state index contributed by atoms with van der Waals surface area (Å²) in [4.78, 5) is 12.0. The predicted octanol–water partition coefficient (Wildman–Crippen LogP) is 2.05. The van der Waals surface area contributed by atoms with Gasteiger partial charge in [0.05, 0.1) is 18.2 Å². The maximum Gasteiger partial charge on any atom is 0.260 e. The predicted molar refractivity (Wildman–Crippen MR) is 95.5 cm³/mol. The van der Waals surface area contributed by atoms with Gasteiger partial charge in [0, 0.05) is 0 Å². The maximum absolute atomic E-state index is 12.8. The molecule has 2 aromatic rings. The van der Waals surface area contributed by atoms with E-state index in [0.717, 1.165) is 16.1 Å². The third kappa shape index (κ3) is 5.39. The standard InChI is InChI=1S/C17H18FN3O3S/c1-13-5-3-4-6-16(13)21(25(2,23)24)12-17(22)20-19-11-14-7-9-15(18)10-8-14/h3-11H,12H2,1-2H3,(H,20,22)/b19-11-. The second-order valence-electron chi connectivity index (χ2n) is 5.40. The van der Waals surface area contributed by atoms with E-state index < -0.39 is 22.5 Å². The molecule has 1 amide bonds. The minimum atomic E-state index is -3.64. The van der Waals surface area contributed by atoms with E-state index >= 15 is 0 Å². The number of para-hydroxylation sites is 1. The summed E-state index contributed by atoms with van der Waals surface area (Å²) in [5, 5.41) is 3.75. The fourth-order valence-electron chi connectivity index (χ4n) is 2.12. The van der Waals surface area contributed by atoms with E-state index in [4.69, 9.17) is 0 Å². The zero-order valence-electron chi connectivity index (χ0n) is 13.8. The van der Waals surface area contributed by atoms with Crippen molar-refractivity contribution < 1.29 is 17.6 Å². The highest BCUT2D eigenvalue weighted by atomic mass is 32.2. The Morgan fingerprint density at radius 2 is 1.84 bits per heavy atom. The molecule has 0 aliphatic rings. The van der Waals surface area contributed by atoms with Gasteiger partial charge in [-0.2, -0.15) is 5.10 Å². The molecular formula is C17H18FN3O3S. The van der Waals surface area contributed by atoms with Gasteiger partial charge in [0.1, 0.15) is 12.4 Å². The molecule has 1 N–H and O–H groups in total. The number of benzene rings is 2. The zero-order valence-corrected chi connectivity index (χ0v) is 14.6. The summed E-state index contributed by atoms with van der Waals surface area (Å²) in [7, 11) is -3.64. The molecule has 0 aromatic heterocycles. The van der Waals surface area contributed by atoms with E-state index in [1.807, 2.05) is 0 Å². The van der Waals surface area contributed by atoms with Gasteiger partial charge in [-0.3, -0.25) is 9.10 Å². The van der Waals surface area contributed by atoms with Crippen molar-refractivity contribution in [2.75, 3.05) is 17.1 Å². The zero-order chi connectivity index (χ0) is 18.4. The van der Waals surface area contributed by atoms with Gasteiger partial charge in [0.15, 0.2) is 0 Å². The molecule has 132 valence electrons. The van der Waals surface area contributed by atoms with Crippen molar-refractivity contribution in [2.45, 2.75) is 6.92 Å². The molecule has 0 fully saturated rings. The highest BCUT2D eigenvalue weighted by Gasteiger charge is 2.21. The Hall–Kier alpha value is -2.74. The van der Waals surface area contributed by atoms with Crippen LogP contribution < -0.4 is 9.73 Å². The van der Waals surface area contributed by atoms with Gasteiger partial charge in [0.2, 0.25) is 10.0 Å². The van der Waals surface area contributed by atoms with E-state index in [-0.39, 0.29) is 5.82 Å². The molecule has 0 saturated heterocycles. The van der Waals surface area contributed by atoms with Gasteiger partial charge < -0.3 is 0 Å². The summed E-state index contributed by atoms with van der Waals surface area (Å²) < 4.78 is 37.9. The van der Waals surface area contributed by atoms with Crippen LogP contribution in [0.4, 0.5) is 10.1 Å². The average Bonchev–Trinajstić information content (AvgIpc) is 2.54. The van der Waals surface area contributed by atoms with Crippen molar-refractivity contribution >= 4 is 27.8 Å². The number of hydrogen-bond acceptors (Lipinski definition) is 4. The molecule has 0 spiro atoms. The van der Waals surface area contributed by atoms with Gasteiger partial charge in [-0.25, -0.2) is 18.2 Å². The van der Waals surface area contributed by atoms with Crippen LogP contribution in [-0.2, 0) is 14.8 Å². The largest absolute Gasteiger partial charge is 0.271 e. The number of anilines is 1. The molecular weight excluding hydrogens is 345 g/mol. The quantitative estimate of drug-likeness (QED) is 0.630. The fourth-order valence-corrected chi connectivity index (χ4v) is 3.03. The van der Waals surface area contributed by atoms with Crippen LogP contribution in [0.25, 0.3) is 0 Å². The molecule has 2 aromatic carbocycles. The van der Waals surface area contributed by atoms with Crippen molar-refractivity contribution in [3.63, 3.8) is 0 Å². The van der Waals surface area contributed by atoms with Crippen molar-refractivity contribution in [1.82, 2.24) is 5.43 Å². The van der Waals surface area contributed by atoms with Gasteiger partial charge in [-0.1, -0.05) is 30.3 Å². The second kappa shape index (κ2) is 7.89. The molecule has 0 aliphatic carbocycles. The van der Waals surface area contributed by atoms with Crippen LogP contribution in [0.5, 0.6) is 0 Å². The Morgan fingerprint density at radius 3 is 2.44 bits per heavy atom. The SMILES string of the molecule is Cc1ccccc1N(CC(=O)N/N=C\c1ccc(F)cc1)S(C)(=O)=O. The molecule has 8 heteroatoms. The van der Waals surface area contributed by atoms with Crippen LogP contribution in [0.1, 0.15) is 11.1 Å². The average molecular weight is 363 g/mol. The molecule has 0 atom stereocenters. The number of halogens is 1. The summed E-state index contributed by atoms with van der Waals surface area (Å²) in [5.74, 6) is -0.963. The van der Waals surface area contributed by atoms with E-state index in [9.17, 15) is 17.6 Å². The molecule has 0 unspecified atom stereocenters. The number of amides is 1. The number of nitrogens with zero attached hydrogens (tertiary/aromatic N) is 2. The Labute approximate surface area is 146 Å². The smallest absolute Gasteiger partial charge is 0.260 e. The lowest BCUT2D eigenvalue weighted by Crippen LogP contribution is -2.39. The number of carbonyl (C=O) groups excluding carboxylic acids is 1. The molecule has 0 radical (unpaired) electrons. The number of hydrogen-bond donors (Lipinski definition) is 1. The molecule has 0 bridgehead atoms. The van der Waals surface area contributed by atoms with E-state index in [0.29, 0.717) is 11.3 Å². The number of sulfonamides is 1. The first kappa shape index (κ1) is 18.6. The second-order valence-corrected chi connectivity index (χ2v) is 7.31. The highest BCUT2D eigenvalue weighted by molar-refractivity contribution is 7.92. The molecule has 0 heterocycles. The van der Waals surface area contributed by atoms with Crippen LogP contribution in [-0.4, -0.2) is 33.3 Å². The van der Waals surface area contributed by atoms with Gasteiger partial charge in [-0.05, 0) is 36.2 Å². The van der Waals surface area contributed by atoms with Crippen molar-refractivity contribution in [3.8, 4) is 0 Å². The number of hydrazone groups is 1. The number of aryl methyl sites for hydroxylation is 1. The lowest BCUT2D eigenvalue weighted by molar-refractivity contribution is -0.119. The summed E-state index contributed by atoms with van der Waals surface area (Å²) >= 11 is 0. The van der Waals surface area contributed by atoms with Crippen molar-refractivity contribution in [1.29, 1.82) is 0 Å². The van der Waals surface area contributed by atoms with Crippen molar-refractivity contribution in [2.24, 2.45) is 5.10 Å². The summed E-state index contributed by atoms with van der Waals surface area (Å²) in [5.41, 5.74) is 4.03. The minimum Gasteiger partial charge on any atom is -0.271 e.